The summed E-state index contributed by atoms with van der Waals surface area (Å²) in [4.78, 5) is 41.9. The molecule has 162 valence electrons. The largest absolute Gasteiger partial charge is 0.497 e. The number of anilines is 1. The number of hydrogen-bond donors (Lipinski definition) is 0. The number of ether oxygens (including phenoxy) is 2. The molecule has 2 saturated heterocycles. The predicted octanol–water partition coefficient (Wildman–Crippen LogP) is 2.30. The van der Waals surface area contributed by atoms with Gasteiger partial charge in [0, 0.05) is 11.8 Å². The summed E-state index contributed by atoms with van der Waals surface area (Å²) in [5.41, 5.74) is 0.806. The first-order chi connectivity index (χ1) is 15.6. The van der Waals surface area contributed by atoms with Crippen LogP contribution in [0.25, 0.3) is 0 Å². The van der Waals surface area contributed by atoms with Gasteiger partial charge in [-0.2, -0.15) is 5.10 Å². The lowest BCUT2D eigenvalue weighted by Crippen LogP contribution is -2.46. The monoisotopic (exact) mass is 431 g/mol. The first kappa shape index (κ1) is 20.0. The molecule has 3 aliphatic heterocycles. The molecule has 0 spiro atoms. The van der Waals surface area contributed by atoms with Gasteiger partial charge in [0.2, 0.25) is 11.8 Å². The fraction of sp³-hybridized carbons (Fsp3) is 0.250. The van der Waals surface area contributed by atoms with Crippen LogP contribution >= 0.6 is 0 Å². The van der Waals surface area contributed by atoms with Crippen LogP contribution in [0.4, 0.5) is 5.69 Å². The molecule has 0 aromatic heterocycles. The Morgan fingerprint density at radius 3 is 2.38 bits per heavy atom. The van der Waals surface area contributed by atoms with Gasteiger partial charge in [-0.25, -0.2) is 4.90 Å². The van der Waals surface area contributed by atoms with Gasteiger partial charge in [-0.1, -0.05) is 18.2 Å². The predicted molar refractivity (Wildman–Crippen MR) is 117 cm³/mol. The van der Waals surface area contributed by atoms with Gasteiger partial charge in [0.15, 0.2) is 5.78 Å². The van der Waals surface area contributed by atoms with E-state index in [1.54, 1.807) is 72.9 Å². The minimum absolute atomic E-state index is 0.263. The summed E-state index contributed by atoms with van der Waals surface area (Å²) in [6.07, 6.45) is 5.13. The van der Waals surface area contributed by atoms with Crippen LogP contribution in [0.15, 0.2) is 65.8 Å². The van der Waals surface area contributed by atoms with E-state index in [1.807, 2.05) is 6.08 Å². The molecule has 0 bridgehead atoms. The lowest BCUT2D eigenvalue weighted by molar-refractivity contribution is -0.123. The number of imide groups is 1. The van der Waals surface area contributed by atoms with Crippen LogP contribution < -0.4 is 14.4 Å². The van der Waals surface area contributed by atoms with Crippen molar-refractivity contribution in [2.75, 3.05) is 19.1 Å². The second-order valence-electron chi connectivity index (χ2n) is 7.79. The second kappa shape index (κ2) is 7.64. The Balaban J connectivity index is 1.57. The summed E-state index contributed by atoms with van der Waals surface area (Å²) in [6.45, 7) is 0. The van der Waals surface area contributed by atoms with Gasteiger partial charge in [-0.15, -0.1) is 0 Å². The van der Waals surface area contributed by atoms with Gasteiger partial charge in [0.05, 0.1) is 37.8 Å². The summed E-state index contributed by atoms with van der Waals surface area (Å²) in [6, 6.07) is 12.2. The third-order valence-electron chi connectivity index (χ3n) is 6.26. The van der Waals surface area contributed by atoms with Crippen molar-refractivity contribution in [2.45, 2.75) is 12.1 Å². The number of carbonyl (C=O) groups excluding carboxylic acids is 3. The van der Waals surface area contributed by atoms with E-state index in [9.17, 15) is 14.4 Å². The molecule has 4 atom stereocenters. The molecule has 0 radical (unpaired) electrons. The Hall–Kier alpha value is -3.94. The molecule has 3 heterocycles. The number of fused-ring (bicyclic) bond motifs is 3. The molecular weight excluding hydrogens is 410 g/mol. The van der Waals surface area contributed by atoms with E-state index in [-0.39, 0.29) is 11.7 Å². The van der Waals surface area contributed by atoms with Crippen LogP contribution in [0.5, 0.6) is 11.5 Å². The highest BCUT2D eigenvalue weighted by atomic mass is 16.5. The number of methoxy groups -OCH3 is 2. The molecule has 8 nitrogen and oxygen atoms in total. The van der Waals surface area contributed by atoms with Crippen LogP contribution in [-0.4, -0.2) is 55.1 Å². The van der Waals surface area contributed by atoms with Crippen molar-refractivity contribution >= 4 is 29.5 Å². The molecule has 2 aromatic carbocycles. The summed E-state index contributed by atoms with van der Waals surface area (Å²) in [7, 11) is 3.04. The number of nitrogens with zero attached hydrogens (tertiary/aromatic N) is 3. The van der Waals surface area contributed by atoms with E-state index in [1.165, 1.54) is 7.11 Å². The van der Waals surface area contributed by atoms with E-state index in [4.69, 9.17) is 9.47 Å². The van der Waals surface area contributed by atoms with Gasteiger partial charge in [-0.05, 0) is 42.5 Å². The summed E-state index contributed by atoms with van der Waals surface area (Å²) < 4.78 is 10.5. The fourth-order valence-corrected chi connectivity index (χ4v) is 4.82. The molecule has 2 amide bonds. The number of amides is 2. The van der Waals surface area contributed by atoms with Gasteiger partial charge >= 0.3 is 0 Å². The summed E-state index contributed by atoms with van der Waals surface area (Å²) in [5, 5.41) is 5.96. The molecule has 0 N–H and O–H groups in total. The SMILES string of the molecule is COc1ccc(C(=O)[C@@H]2[C@@H]3C(=O)N(c4ccccc4OC)C(=O)[C@@H]3[C@@H]3C=CC=NN23)cc1. The molecule has 2 aromatic rings. The van der Waals surface area contributed by atoms with Crippen LogP contribution in [0.1, 0.15) is 10.4 Å². The number of hydrogen-bond acceptors (Lipinski definition) is 7. The van der Waals surface area contributed by atoms with Crippen LogP contribution in [-0.2, 0) is 9.59 Å². The number of Topliss-reactive ketones (excluding diaryl/α,β-unsaturated/α-hetero) is 1. The van der Waals surface area contributed by atoms with E-state index in [0.717, 1.165) is 4.90 Å². The minimum atomic E-state index is -0.893. The average Bonchev–Trinajstić information content (AvgIpc) is 3.31. The zero-order valence-electron chi connectivity index (χ0n) is 17.5. The number of allylic oxidation sites excluding steroid dienone is 1. The maximum absolute atomic E-state index is 13.6. The summed E-state index contributed by atoms with van der Waals surface area (Å²) >= 11 is 0. The molecule has 0 unspecified atom stereocenters. The van der Waals surface area contributed by atoms with Crippen LogP contribution in [0.2, 0.25) is 0 Å². The maximum atomic E-state index is 13.6. The maximum Gasteiger partial charge on any atom is 0.240 e. The van der Waals surface area contributed by atoms with Crippen molar-refractivity contribution in [1.82, 2.24) is 5.01 Å². The third-order valence-corrected chi connectivity index (χ3v) is 6.26. The van der Waals surface area contributed by atoms with Gasteiger partial charge in [0.1, 0.15) is 17.5 Å². The Labute approximate surface area is 184 Å². The van der Waals surface area contributed by atoms with Crippen molar-refractivity contribution in [2.24, 2.45) is 16.9 Å². The van der Waals surface area contributed by atoms with Crippen molar-refractivity contribution in [3.05, 3.63) is 66.2 Å². The highest BCUT2D eigenvalue weighted by molar-refractivity contribution is 6.25. The second-order valence-corrected chi connectivity index (χ2v) is 7.79. The van der Waals surface area contributed by atoms with E-state index in [2.05, 4.69) is 5.10 Å². The Bertz CT molecular complexity index is 1160. The van der Waals surface area contributed by atoms with Gasteiger partial charge in [0.25, 0.3) is 0 Å². The molecule has 8 heteroatoms. The van der Waals surface area contributed by atoms with Crippen molar-refractivity contribution < 1.29 is 23.9 Å². The topological polar surface area (TPSA) is 88.5 Å². The van der Waals surface area contributed by atoms with Crippen LogP contribution in [0, 0.1) is 11.8 Å². The molecule has 32 heavy (non-hydrogen) atoms. The molecule has 2 fully saturated rings. The number of carbonyl (C=O) groups is 3. The van der Waals surface area contributed by atoms with E-state index >= 15 is 0 Å². The highest BCUT2D eigenvalue weighted by Crippen LogP contribution is 2.47. The van der Waals surface area contributed by atoms with Gasteiger partial charge < -0.3 is 9.47 Å². The zero-order valence-corrected chi connectivity index (χ0v) is 17.5. The molecule has 0 saturated carbocycles. The Morgan fingerprint density at radius 1 is 0.938 bits per heavy atom. The lowest BCUT2D eigenvalue weighted by atomic mass is 9.86. The first-order valence-electron chi connectivity index (χ1n) is 10.2. The Morgan fingerprint density at radius 2 is 1.66 bits per heavy atom. The highest BCUT2D eigenvalue weighted by Gasteiger charge is 2.64. The lowest BCUT2D eigenvalue weighted by Gasteiger charge is -2.30. The zero-order chi connectivity index (χ0) is 22.4. The molecule has 0 aliphatic carbocycles. The van der Waals surface area contributed by atoms with Crippen molar-refractivity contribution in [1.29, 1.82) is 0 Å². The third kappa shape index (κ3) is 2.83. The number of benzene rings is 2. The molecule has 5 rings (SSSR count). The quantitative estimate of drug-likeness (QED) is 0.533. The number of ketones is 1. The smallest absolute Gasteiger partial charge is 0.240 e. The minimum Gasteiger partial charge on any atom is -0.497 e. The molecule has 3 aliphatic rings. The van der Waals surface area contributed by atoms with Crippen LogP contribution in [0.3, 0.4) is 0 Å². The number of rotatable bonds is 5. The van der Waals surface area contributed by atoms with E-state index in [0.29, 0.717) is 22.7 Å². The first-order valence-corrected chi connectivity index (χ1v) is 10.2. The van der Waals surface area contributed by atoms with Gasteiger partial charge in [-0.3, -0.25) is 19.4 Å². The average molecular weight is 431 g/mol. The Kier molecular flexibility index (Phi) is 4.77. The number of para-hydroxylation sites is 2. The normalized spacial score (nSPS) is 25.7. The summed E-state index contributed by atoms with van der Waals surface area (Å²) in [5.74, 6) is -1.57. The number of hydrazone groups is 1. The molecular formula is C24H21N3O5. The van der Waals surface area contributed by atoms with Crippen molar-refractivity contribution in [3.63, 3.8) is 0 Å². The standard InChI is InChI=1S/C24H21N3O5/c1-31-15-11-9-14(10-12-15)22(28)21-20-19(17-7-5-13-25-27(17)21)23(29)26(24(20)30)16-6-3-4-8-18(16)32-2/h3-13,17,19-21H,1-2H3/t17-,19+,20+,21-/m0/s1. The fourth-order valence-electron chi connectivity index (χ4n) is 4.82. The van der Waals surface area contributed by atoms with Crippen molar-refractivity contribution in [3.8, 4) is 11.5 Å². The van der Waals surface area contributed by atoms with E-state index < -0.39 is 29.8 Å².